The molecule has 3 rings (SSSR count). The molecule has 0 unspecified atom stereocenters. The number of nitrogens with one attached hydrogen (secondary N) is 1. The molecule has 2 heterocycles. The molecule has 0 radical (unpaired) electrons. The van der Waals surface area contributed by atoms with E-state index in [1.807, 2.05) is 49.7 Å². The molecule has 0 aliphatic carbocycles. The predicted octanol–water partition coefficient (Wildman–Crippen LogP) is 3.64. The van der Waals surface area contributed by atoms with Crippen molar-refractivity contribution in [2.45, 2.75) is 25.0 Å². The summed E-state index contributed by atoms with van der Waals surface area (Å²) in [6, 6.07) is 9.35. The van der Waals surface area contributed by atoms with E-state index in [9.17, 15) is 4.79 Å². The van der Waals surface area contributed by atoms with E-state index in [4.69, 9.17) is 11.6 Å². The van der Waals surface area contributed by atoms with Crippen LogP contribution in [0.25, 0.3) is 11.4 Å². The van der Waals surface area contributed by atoms with Crippen molar-refractivity contribution in [1.29, 1.82) is 0 Å². The molecule has 1 amide bonds. The minimum atomic E-state index is -0.117. The summed E-state index contributed by atoms with van der Waals surface area (Å²) in [6.07, 6.45) is 1.67. The van der Waals surface area contributed by atoms with Crippen LogP contribution in [-0.2, 0) is 11.8 Å². The van der Waals surface area contributed by atoms with Crippen LogP contribution in [0, 0.1) is 0 Å². The van der Waals surface area contributed by atoms with Crippen LogP contribution in [-0.4, -0.2) is 36.2 Å². The van der Waals surface area contributed by atoms with E-state index in [1.54, 1.807) is 16.9 Å². The summed E-state index contributed by atoms with van der Waals surface area (Å²) in [6.45, 7) is 4.02. The lowest BCUT2D eigenvalue weighted by molar-refractivity contribution is -0.113. The molecular weight excluding hydrogens is 372 g/mol. The minimum absolute atomic E-state index is 0.117. The summed E-state index contributed by atoms with van der Waals surface area (Å²) in [5.41, 5.74) is 0.918. The van der Waals surface area contributed by atoms with Crippen LogP contribution in [0.2, 0.25) is 5.02 Å². The van der Waals surface area contributed by atoms with Crippen molar-refractivity contribution in [3.8, 4) is 11.4 Å². The van der Waals surface area contributed by atoms with Crippen LogP contribution in [0.4, 0.5) is 5.82 Å². The molecule has 9 heteroatoms. The van der Waals surface area contributed by atoms with Gasteiger partial charge in [-0.1, -0.05) is 23.4 Å². The van der Waals surface area contributed by atoms with Gasteiger partial charge in [-0.05, 0) is 38.1 Å². The van der Waals surface area contributed by atoms with E-state index >= 15 is 0 Å². The van der Waals surface area contributed by atoms with Crippen molar-refractivity contribution in [2.24, 2.45) is 7.05 Å². The molecule has 0 aliphatic rings. The molecule has 0 spiro atoms. The highest BCUT2D eigenvalue weighted by molar-refractivity contribution is 7.99. The second kappa shape index (κ2) is 7.92. The standard InChI is InChI=1S/C17H19ClN6OS/c1-11(2)24-14(8-9-19-24)20-15(25)10-26-17-22-21-16(23(17)3)12-4-6-13(18)7-5-12/h4-9,11H,10H2,1-3H3,(H,20,25). The summed E-state index contributed by atoms with van der Waals surface area (Å²) in [5.74, 6) is 1.52. The van der Waals surface area contributed by atoms with Crippen LogP contribution in [0.1, 0.15) is 19.9 Å². The lowest BCUT2D eigenvalue weighted by Crippen LogP contribution is -2.18. The summed E-state index contributed by atoms with van der Waals surface area (Å²) < 4.78 is 3.63. The zero-order valence-corrected chi connectivity index (χ0v) is 16.3. The Balaban J connectivity index is 1.64. The zero-order valence-electron chi connectivity index (χ0n) is 14.7. The van der Waals surface area contributed by atoms with Crippen LogP contribution in [0.5, 0.6) is 0 Å². The monoisotopic (exact) mass is 390 g/mol. The predicted molar refractivity (Wildman–Crippen MR) is 103 cm³/mol. The van der Waals surface area contributed by atoms with Crippen molar-refractivity contribution >= 4 is 35.1 Å². The van der Waals surface area contributed by atoms with E-state index < -0.39 is 0 Å². The molecule has 26 heavy (non-hydrogen) atoms. The number of hydrogen-bond donors (Lipinski definition) is 1. The molecule has 2 aromatic heterocycles. The van der Waals surface area contributed by atoms with Gasteiger partial charge in [-0.25, -0.2) is 4.68 Å². The topological polar surface area (TPSA) is 77.6 Å². The molecule has 0 atom stereocenters. The molecule has 0 bridgehead atoms. The lowest BCUT2D eigenvalue weighted by Gasteiger charge is -2.11. The molecular formula is C17H19ClN6OS. The zero-order chi connectivity index (χ0) is 18.7. The Labute approximate surface area is 160 Å². The third-order valence-corrected chi connectivity index (χ3v) is 4.97. The molecule has 7 nitrogen and oxygen atoms in total. The highest BCUT2D eigenvalue weighted by Gasteiger charge is 2.14. The van der Waals surface area contributed by atoms with Gasteiger partial charge in [-0.15, -0.1) is 10.2 Å². The van der Waals surface area contributed by atoms with Gasteiger partial charge in [0, 0.05) is 29.7 Å². The largest absolute Gasteiger partial charge is 0.310 e. The van der Waals surface area contributed by atoms with Crippen molar-refractivity contribution in [3.63, 3.8) is 0 Å². The molecule has 0 saturated carbocycles. The number of thioether (sulfide) groups is 1. The van der Waals surface area contributed by atoms with Gasteiger partial charge in [-0.2, -0.15) is 5.10 Å². The average molecular weight is 391 g/mol. The number of amides is 1. The van der Waals surface area contributed by atoms with Crippen LogP contribution in [0.3, 0.4) is 0 Å². The quantitative estimate of drug-likeness (QED) is 0.650. The fraction of sp³-hybridized carbons (Fsp3) is 0.294. The molecule has 1 N–H and O–H groups in total. The van der Waals surface area contributed by atoms with Gasteiger partial charge in [-0.3, -0.25) is 4.79 Å². The molecule has 3 aromatic rings. The third kappa shape index (κ3) is 4.08. The Bertz CT molecular complexity index is 902. The average Bonchev–Trinajstić information content (AvgIpc) is 3.21. The van der Waals surface area contributed by atoms with E-state index in [0.29, 0.717) is 16.0 Å². The molecule has 0 aliphatic heterocycles. The lowest BCUT2D eigenvalue weighted by atomic mass is 10.2. The first-order chi connectivity index (χ1) is 12.5. The van der Waals surface area contributed by atoms with Crippen molar-refractivity contribution in [3.05, 3.63) is 41.6 Å². The first kappa shape index (κ1) is 18.5. The Morgan fingerprint density at radius 3 is 2.65 bits per heavy atom. The maximum absolute atomic E-state index is 12.2. The fourth-order valence-corrected chi connectivity index (χ4v) is 3.26. The second-order valence-corrected chi connectivity index (χ2v) is 7.34. The molecule has 0 fully saturated rings. The number of halogens is 1. The van der Waals surface area contributed by atoms with Gasteiger partial charge in [0.1, 0.15) is 5.82 Å². The third-order valence-electron chi connectivity index (χ3n) is 3.70. The smallest absolute Gasteiger partial charge is 0.235 e. The van der Waals surface area contributed by atoms with Gasteiger partial charge in [0.2, 0.25) is 5.91 Å². The number of carbonyl (C=O) groups is 1. The first-order valence-electron chi connectivity index (χ1n) is 8.07. The van der Waals surface area contributed by atoms with Crippen LogP contribution < -0.4 is 5.32 Å². The number of nitrogens with zero attached hydrogens (tertiary/aromatic N) is 5. The fourth-order valence-electron chi connectivity index (χ4n) is 2.42. The van der Waals surface area contributed by atoms with Gasteiger partial charge in [0.25, 0.3) is 0 Å². The van der Waals surface area contributed by atoms with Crippen molar-refractivity contribution in [1.82, 2.24) is 24.5 Å². The number of anilines is 1. The molecule has 136 valence electrons. The van der Waals surface area contributed by atoms with Crippen LogP contribution in [0.15, 0.2) is 41.7 Å². The maximum Gasteiger partial charge on any atom is 0.235 e. The number of carbonyl (C=O) groups excluding carboxylic acids is 1. The van der Waals surface area contributed by atoms with Crippen molar-refractivity contribution < 1.29 is 4.79 Å². The first-order valence-corrected chi connectivity index (χ1v) is 9.43. The maximum atomic E-state index is 12.2. The van der Waals surface area contributed by atoms with Crippen LogP contribution >= 0.6 is 23.4 Å². The van der Waals surface area contributed by atoms with Gasteiger partial charge in [0.15, 0.2) is 11.0 Å². The summed E-state index contributed by atoms with van der Waals surface area (Å²) in [4.78, 5) is 12.2. The highest BCUT2D eigenvalue weighted by atomic mass is 35.5. The number of benzene rings is 1. The van der Waals surface area contributed by atoms with E-state index in [1.165, 1.54) is 11.8 Å². The summed E-state index contributed by atoms with van der Waals surface area (Å²) in [5, 5.41) is 16.8. The van der Waals surface area contributed by atoms with Gasteiger partial charge in [0.05, 0.1) is 11.9 Å². The number of hydrogen-bond acceptors (Lipinski definition) is 5. The summed E-state index contributed by atoms with van der Waals surface area (Å²) in [7, 11) is 1.87. The van der Waals surface area contributed by atoms with E-state index in [-0.39, 0.29) is 17.7 Å². The highest BCUT2D eigenvalue weighted by Crippen LogP contribution is 2.24. The van der Waals surface area contributed by atoms with Crippen molar-refractivity contribution in [2.75, 3.05) is 11.1 Å². The molecule has 1 aromatic carbocycles. The number of aromatic nitrogens is 5. The SMILES string of the molecule is CC(C)n1nccc1NC(=O)CSc1nnc(-c2ccc(Cl)cc2)n1C. The minimum Gasteiger partial charge on any atom is -0.310 e. The second-order valence-electron chi connectivity index (χ2n) is 5.96. The normalized spacial score (nSPS) is 11.1. The van der Waals surface area contributed by atoms with Gasteiger partial charge < -0.3 is 9.88 Å². The molecule has 0 saturated heterocycles. The number of rotatable bonds is 6. The van der Waals surface area contributed by atoms with E-state index in [0.717, 1.165) is 11.4 Å². The Morgan fingerprint density at radius 1 is 1.23 bits per heavy atom. The summed E-state index contributed by atoms with van der Waals surface area (Å²) >= 11 is 7.25. The Morgan fingerprint density at radius 2 is 1.96 bits per heavy atom. The van der Waals surface area contributed by atoms with Gasteiger partial charge >= 0.3 is 0 Å². The van der Waals surface area contributed by atoms with E-state index in [2.05, 4.69) is 20.6 Å². The Hall–Kier alpha value is -2.32. The Kier molecular flexibility index (Phi) is 5.63.